The first-order valence-corrected chi connectivity index (χ1v) is 10.1. The summed E-state index contributed by atoms with van der Waals surface area (Å²) in [7, 11) is -7.51. The maximum Gasteiger partial charge on any atom is 0.245 e. The molecule has 0 atom stereocenters. The number of aromatic nitrogens is 2. The lowest BCUT2D eigenvalue weighted by molar-refractivity contribution is 0.390. The summed E-state index contributed by atoms with van der Waals surface area (Å²) in [6.07, 6.45) is 3.13. The van der Waals surface area contributed by atoms with Crippen LogP contribution in [-0.4, -0.2) is 39.3 Å². The molecular formula is C13H18N4O5S2. The molecule has 0 radical (unpaired) electrons. The van der Waals surface area contributed by atoms with Crippen molar-refractivity contribution in [3.63, 3.8) is 0 Å². The quantitative estimate of drug-likeness (QED) is 0.669. The van der Waals surface area contributed by atoms with Crippen LogP contribution in [0.25, 0.3) is 0 Å². The van der Waals surface area contributed by atoms with Crippen molar-refractivity contribution in [1.82, 2.24) is 19.6 Å². The van der Waals surface area contributed by atoms with Crippen LogP contribution in [0.2, 0.25) is 0 Å². The Labute approximate surface area is 140 Å². The fourth-order valence-corrected chi connectivity index (χ4v) is 4.40. The van der Waals surface area contributed by atoms with Crippen LogP contribution in [0, 0.1) is 13.8 Å². The Bertz CT molecular complexity index is 872. The first-order chi connectivity index (χ1) is 11.2. The van der Waals surface area contributed by atoms with Crippen LogP contribution in [0.3, 0.4) is 0 Å². The SMILES string of the molecule is Cc1noc(C)c1S(=O)(=O)NCCS(=O)(=O)NCc1cccnc1. The maximum atomic E-state index is 12.2. The highest BCUT2D eigenvalue weighted by molar-refractivity contribution is 7.90. The van der Waals surface area contributed by atoms with Gasteiger partial charge in [0.05, 0.1) is 5.75 Å². The summed E-state index contributed by atoms with van der Waals surface area (Å²) in [5, 5.41) is 3.57. The van der Waals surface area contributed by atoms with Crippen LogP contribution in [-0.2, 0) is 26.6 Å². The molecule has 0 amide bonds. The molecule has 0 aliphatic carbocycles. The lowest BCUT2D eigenvalue weighted by Crippen LogP contribution is -2.34. The molecule has 2 rings (SSSR count). The van der Waals surface area contributed by atoms with Crippen molar-refractivity contribution in [3.8, 4) is 0 Å². The molecule has 0 saturated heterocycles. The Hall–Kier alpha value is -1.82. The van der Waals surface area contributed by atoms with Crippen molar-refractivity contribution in [2.24, 2.45) is 0 Å². The molecule has 9 nitrogen and oxygen atoms in total. The van der Waals surface area contributed by atoms with E-state index in [4.69, 9.17) is 4.52 Å². The van der Waals surface area contributed by atoms with Gasteiger partial charge < -0.3 is 4.52 Å². The summed E-state index contributed by atoms with van der Waals surface area (Å²) in [5.74, 6) is -0.242. The summed E-state index contributed by atoms with van der Waals surface area (Å²) in [6, 6.07) is 3.43. The Morgan fingerprint density at radius 1 is 1.17 bits per heavy atom. The molecular weight excluding hydrogens is 356 g/mol. The minimum atomic E-state index is -3.88. The first kappa shape index (κ1) is 18.5. The van der Waals surface area contributed by atoms with Gasteiger partial charge in [-0.3, -0.25) is 4.98 Å². The lowest BCUT2D eigenvalue weighted by Gasteiger charge is -2.08. The highest BCUT2D eigenvalue weighted by atomic mass is 32.2. The smallest absolute Gasteiger partial charge is 0.245 e. The van der Waals surface area contributed by atoms with E-state index in [1.54, 1.807) is 24.5 Å². The summed E-state index contributed by atoms with van der Waals surface area (Å²) in [6.45, 7) is 2.79. The van der Waals surface area contributed by atoms with Gasteiger partial charge in [-0.2, -0.15) is 0 Å². The molecule has 2 aromatic heterocycles. The highest BCUT2D eigenvalue weighted by Crippen LogP contribution is 2.18. The monoisotopic (exact) mass is 374 g/mol. The second-order valence-corrected chi connectivity index (χ2v) is 8.68. The molecule has 2 aromatic rings. The molecule has 2 N–H and O–H groups in total. The van der Waals surface area contributed by atoms with Gasteiger partial charge in [-0.25, -0.2) is 26.3 Å². The number of pyridine rings is 1. The van der Waals surface area contributed by atoms with Crippen molar-refractivity contribution in [1.29, 1.82) is 0 Å². The molecule has 0 fully saturated rings. The van der Waals surface area contributed by atoms with Crippen LogP contribution in [0.15, 0.2) is 33.9 Å². The second-order valence-electron chi connectivity index (χ2n) is 5.05. The lowest BCUT2D eigenvalue weighted by atomic mass is 10.3. The summed E-state index contributed by atoms with van der Waals surface area (Å²) < 4.78 is 57.6. The molecule has 11 heteroatoms. The topological polar surface area (TPSA) is 131 Å². The molecule has 0 bridgehead atoms. The molecule has 132 valence electrons. The number of nitrogens with one attached hydrogen (secondary N) is 2. The number of aryl methyl sites for hydroxylation is 2. The van der Waals surface area contributed by atoms with Crippen molar-refractivity contribution in [2.75, 3.05) is 12.3 Å². The van der Waals surface area contributed by atoms with E-state index in [0.29, 0.717) is 5.56 Å². The normalized spacial score (nSPS) is 12.4. The van der Waals surface area contributed by atoms with Crippen LogP contribution in [0.4, 0.5) is 0 Å². The number of rotatable bonds is 8. The second kappa shape index (κ2) is 7.38. The zero-order chi connectivity index (χ0) is 17.8. The Morgan fingerprint density at radius 3 is 2.50 bits per heavy atom. The van der Waals surface area contributed by atoms with Gasteiger partial charge in [0.1, 0.15) is 10.6 Å². The Kier molecular flexibility index (Phi) is 5.70. The summed E-state index contributed by atoms with van der Waals surface area (Å²) in [4.78, 5) is 3.82. The molecule has 0 saturated carbocycles. The number of sulfonamides is 2. The van der Waals surface area contributed by atoms with Gasteiger partial charge >= 0.3 is 0 Å². The van der Waals surface area contributed by atoms with E-state index in [-0.39, 0.29) is 29.4 Å². The van der Waals surface area contributed by atoms with E-state index in [1.165, 1.54) is 13.8 Å². The Balaban J connectivity index is 1.91. The van der Waals surface area contributed by atoms with Gasteiger partial charge in [0.15, 0.2) is 5.76 Å². The van der Waals surface area contributed by atoms with Crippen molar-refractivity contribution in [3.05, 3.63) is 41.5 Å². The third kappa shape index (κ3) is 4.84. The molecule has 0 aliphatic heterocycles. The van der Waals surface area contributed by atoms with E-state index >= 15 is 0 Å². The number of nitrogens with zero attached hydrogens (tertiary/aromatic N) is 2. The summed E-state index contributed by atoms with van der Waals surface area (Å²) in [5.41, 5.74) is 0.926. The van der Waals surface area contributed by atoms with Gasteiger partial charge in [-0.05, 0) is 25.5 Å². The molecule has 0 aromatic carbocycles. The minimum absolute atomic E-state index is 0.0665. The predicted molar refractivity (Wildman–Crippen MR) is 86.0 cm³/mol. The van der Waals surface area contributed by atoms with Crippen molar-refractivity contribution >= 4 is 20.0 Å². The zero-order valence-corrected chi connectivity index (χ0v) is 14.8. The molecule has 0 aliphatic rings. The molecule has 0 spiro atoms. The van der Waals surface area contributed by atoms with Crippen LogP contribution < -0.4 is 9.44 Å². The van der Waals surface area contributed by atoms with E-state index in [9.17, 15) is 16.8 Å². The fraction of sp³-hybridized carbons (Fsp3) is 0.385. The average Bonchev–Trinajstić information content (AvgIpc) is 2.86. The predicted octanol–water partition coefficient (Wildman–Crippen LogP) is 0.0843. The van der Waals surface area contributed by atoms with Gasteiger partial charge in [-0.1, -0.05) is 11.2 Å². The van der Waals surface area contributed by atoms with Crippen LogP contribution >= 0.6 is 0 Å². The molecule has 0 unspecified atom stereocenters. The number of hydrogen-bond donors (Lipinski definition) is 2. The molecule has 24 heavy (non-hydrogen) atoms. The average molecular weight is 374 g/mol. The van der Waals surface area contributed by atoms with Gasteiger partial charge in [0.25, 0.3) is 0 Å². The summed E-state index contributed by atoms with van der Waals surface area (Å²) >= 11 is 0. The highest BCUT2D eigenvalue weighted by Gasteiger charge is 2.24. The molecule has 2 heterocycles. The number of hydrogen-bond acceptors (Lipinski definition) is 7. The fourth-order valence-electron chi connectivity index (χ4n) is 2.01. The Morgan fingerprint density at radius 2 is 1.92 bits per heavy atom. The van der Waals surface area contributed by atoms with Crippen molar-refractivity contribution in [2.45, 2.75) is 25.3 Å². The maximum absolute atomic E-state index is 12.2. The van der Waals surface area contributed by atoms with E-state index in [1.807, 2.05) is 0 Å². The van der Waals surface area contributed by atoms with Crippen LogP contribution in [0.5, 0.6) is 0 Å². The zero-order valence-electron chi connectivity index (χ0n) is 13.2. The van der Waals surface area contributed by atoms with E-state index in [0.717, 1.165) is 0 Å². The first-order valence-electron chi connectivity index (χ1n) is 7.00. The van der Waals surface area contributed by atoms with Gasteiger partial charge in [0, 0.05) is 25.5 Å². The van der Waals surface area contributed by atoms with Crippen molar-refractivity contribution < 1.29 is 21.4 Å². The minimum Gasteiger partial charge on any atom is -0.360 e. The standard InChI is InChI=1S/C13H18N4O5S2/c1-10-13(11(2)22-17-10)24(20,21)15-6-7-23(18,19)16-9-12-4-3-5-14-8-12/h3-5,8,15-16H,6-7,9H2,1-2H3. The largest absolute Gasteiger partial charge is 0.360 e. The third-order valence-electron chi connectivity index (χ3n) is 3.12. The van der Waals surface area contributed by atoms with Crippen LogP contribution in [0.1, 0.15) is 17.0 Å². The van der Waals surface area contributed by atoms with E-state index in [2.05, 4.69) is 19.6 Å². The van der Waals surface area contributed by atoms with Gasteiger partial charge in [0.2, 0.25) is 20.0 Å². The third-order valence-corrected chi connectivity index (χ3v) is 6.15. The van der Waals surface area contributed by atoms with Gasteiger partial charge in [-0.15, -0.1) is 0 Å². The van der Waals surface area contributed by atoms with E-state index < -0.39 is 25.8 Å².